The van der Waals surface area contributed by atoms with Crippen LogP contribution >= 0.6 is 0 Å². The maximum absolute atomic E-state index is 11.6. The lowest BCUT2D eigenvalue weighted by Crippen LogP contribution is -2.35. The Morgan fingerprint density at radius 1 is 1.33 bits per heavy atom. The number of hydrogen-bond acceptors (Lipinski definition) is 1. The van der Waals surface area contributed by atoms with Crippen LogP contribution in [0.3, 0.4) is 0 Å². The van der Waals surface area contributed by atoms with Crippen molar-refractivity contribution in [2.45, 2.75) is 19.0 Å². The fourth-order valence-electron chi connectivity index (χ4n) is 0.767. The van der Waals surface area contributed by atoms with Gasteiger partial charge in [-0.2, -0.15) is 13.2 Å². The second-order valence-corrected chi connectivity index (χ2v) is 2.25. The van der Waals surface area contributed by atoms with Crippen LogP contribution in [0.15, 0.2) is 0 Å². The van der Waals surface area contributed by atoms with Crippen LogP contribution in [0.1, 0.15) is 12.8 Å². The summed E-state index contributed by atoms with van der Waals surface area (Å²) in [5.74, 6) is -1.22. The number of nitrogens with one attached hydrogen (secondary N) is 1. The molecule has 9 heavy (non-hydrogen) atoms. The Morgan fingerprint density at radius 3 is 1.89 bits per heavy atom. The van der Waals surface area contributed by atoms with E-state index in [1.807, 2.05) is 0 Å². The summed E-state index contributed by atoms with van der Waals surface area (Å²) in [6, 6.07) is 0. The molecule has 1 aliphatic carbocycles. The van der Waals surface area contributed by atoms with Gasteiger partial charge in [-0.25, -0.2) is 0 Å². The highest BCUT2D eigenvalue weighted by atomic mass is 19.4. The molecule has 0 aromatic heterocycles. The molecule has 0 aromatic rings. The molecule has 52 valence electrons. The standard InChI is InChI=1S/C5H6F3N/c6-5(7,8)3-1-4(9)2-3/h3,9H,1-2H2. The van der Waals surface area contributed by atoms with Crippen molar-refractivity contribution in [2.24, 2.45) is 5.92 Å². The zero-order chi connectivity index (χ0) is 7.07. The molecule has 0 aromatic carbocycles. The molecule has 1 nitrogen and oxygen atoms in total. The maximum Gasteiger partial charge on any atom is 0.392 e. The van der Waals surface area contributed by atoms with Gasteiger partial charge in [0.25, 0.3) is 0 Å². The number of rotatable bonds is 0. The summed E-state index contributed by atoms with van der Waals surface area (Å²) in [6.45, 7) is 0. The number of alkyl halides is 3. The monoisotopic (exact) mass is 137 g/mol. The second kappa shape index (κ2) is 1.72. The first-order valence-electron chi connectivity index (χ1n) is 2.63. The van der Waals surface area contributed by atoms with Crippen LogP contribution < -0.4 is 0 Å². The zero-order valence-corrected chi connectivity index (χ0v) is 4.63. The third-order valence-corrected chi connectivity index (χ3v) is 1.45. The molecular weight excluding hydrogens is 131 g/mol. The van der Waals surface area contributed by atoms with E-state index in [2.05, 4.69) is 0 Å². The van der Waals surface area contributed by atoms with Gasteiger partial charge in [0.05, 0.1) is 5.92 Å². The molecule has 0 saturated heterocycles. The van der Waals surface area contributed by atoms with Crippen LogP contribution in [0.4, 0.5) is 13.2 Å². The molecule has 1 aliphatic rings. The molecule has 0 atom stereocenters. The van der Waals surface area contributed by atoms with Gasteiger partial charge < -0.3 is 5.41 Å². The van der Waals surface area contributed by atoms with Gasteiger partial charge in [-0.3, -0.25) is 0 Å². The predicted octanol–water partition coefficient (Wildman–Crippen LogP) is 1.98. The maximum atomic E-state index is 11.6. The molecule has 4 heteroatoms. The van der Waals surface area contributed by atoms with Gasteiger partial charge >= 0.3 is 6.18 Å². The highest BCUT2D eigenvalue weighted by Crippen LogP contribution is 2.38. The Kier molecular flexibility index (Phi) is 1.26. The van der Waals surface area contributed by atoms with Crippen molar-refractivity contribution in [1.29, 1.82) is 5.41 Å². The van der Waals surface area contributed by atoms with Crippen molar-refractivity contribution in [3.8, 4) is 0 Å². The van der Waals surface area contributed by atoms with E-state index in [0.717, 1.165) is 0 Å². The summed E-state index contributed by atoms with van der Waals surface area (Å²) >= 11 is 0. The molecule has 0 spiro atoms. The summed E-state index contributed by atoms with van der Waals surface area (Å²) in [7, 11) is 0. The van der Waals surface area contributed by atoms with Crippen LogP contribution in [0.25, 0.3) is 0 Å². The minimum atomic E-state index is -4.06. The molecule has 1 rings (SSSR count). The molecule has 0 radical (unpaired) electrons. The minimum Gasteiger partial charge on any atom is -0.310 e. The average molecular weight is 137 g/mol. The van der Waals surface area contributed by atoms with Gasteiger partial charge in [0, 0.05) is 5.71 Å². The Bertz CT molecular complexity index is 130. The van der Waals surface area contributed by atoms with E-state index in [0.29, 0.717) is 0 Å². The quantitative estimate of drug-likeness (QED) is 0.527. The van der Waals surface area contributed by atoms with Gasteiger partial charge in [0.15, 0.2) is 0 Å². The molecule has 0 aliphatic heterocycles. The van der Waals surface area contributed by atoms with E-state index in [9.17, 15) is 13.2 Å². The van der Waals surface area contributed by atoms with Crippen LogP contribution in [-0.2, 0) is 0 Å². The van der Waals surface area contributed by atoms with Gasteiger partial charge in [-0.15, -0.1) is 0 Å². The van der Waals surface area contributed by atoms with Crippen LogP contribution in [-0.4, -0.2) is 11.9 Å². The van der Waals surface area contributed by atoms with Crippen molar-refractivity contribution in [3.63, 3.8) is 0 Å². The molecule has 1 saturated carbocycles. The lowest BCUT2D eigenvalue weighted by Gasteiger charge is -2.28. The van der Waals surface area contributed by atoms with E-state index in [1.165, 1.54) is 0 Å². The first-order valence-corrected chi connectivity index (χ1v) is 2.63. The van der Waals surface area contributed by atoms with E-state index in [4.69, 9.17) is 5.41 Å². The second-order valence-electron chi connectivity index (χ2n) is 2.25. The zero-order valence-electron chi connectivity index (χ0n) is 4.63. The topological polar surface area (TPSA) is 23.9 Å². The molecule has 0 unspecified atom stereocenters. The Morgan fingerprint density at radius 2 is 1.78 bits per heavy atom. The fourth-order valence-corrected chi connectivity index (χ4v) is 0.767. The lowest BCUT2D eigenvalue weighted by molar-refractivity contribution is -0.177. The van der Waals surface area contributed by atoms with Crippen molar-refractivity contribution in [1.82, 2.24) is 0 Å². The van der Waals surface area contributed by atoms with Gasteiger partial charge in [-0.05, 0) is 12.8 Å². The third kappa shape index (κ3) is 1.23. The Labute approximate surface area is 50.4 Å². The van der Waals surface area contributed by atoms with Crippen molar-refractivity contribution in [2.75, 3.05) is 0 Å². The summed E-state index contributed by atoms with van der Waals surface area (Å²) < 4.78 is 34.7. The summed E-state index contributed by atoms with van der Waals surface area (Å²) in [5, 5.41) is 6.74. The molecule has 0 bridgehead atoms. The first kappa shape index (κ1) is 6.58. The fraction of sp³-hybridized carbons (Fsp3) is 0.800. The smallest absolute Gasteiger partial charge is 0.310 e. The van der Waals surface area contributed by atoms with Gasteiger partial charge in [0.2, 0.25) is 0 Å². The van der Waals surface area contributed by atoms with Crippen LogP contribution in [0.2, 0.25) is 0 Å². The lowest BCUT2D eigenvalue weighted by atomic mass is 9.83. The Balaban J connectivity index is 2.40. The van der Waals surface area contributed by atoms with Gasteiger partial charge in [0.1, 0.15) is 0 Å². The number of halogens is 3. The van der Waals surface area contributed by atoms with Crippen LogP contribution in [0, 0.1) is 11.3 Å². The van der Waals surface area contributed by atoms with E-state index < -0.39 is 12.1 Å². The van der Waals surface area contributed by atoms with Crippen molar-refractivity contribution in [3.05, 3.63) is 0 Å². The van der Waals surface area contributed by atoms with E-state index >= 15 is 0 Å². The predicted molar refractivity (Wildman–Crippen MR) is 26.5 cm³/mol. The molecule has 1 N–H and O–H groups in total. The third-order valence-electron chi connectivity index (χ3n) is 1.45. The highest BCUT2D eigenvalue weighted by molar-refractivity contribution is 5.87. The normalized spacial score (nSPS) is 27.9. The highest BCUT2D eigenvalue weighted by Gasteiger charge is 2.45. The van der Waals surface area contributed by atoms with E-state index in [1.54, 1.807) is 0 Å². The minimum absolute atomic E-state index is 0.0799. The SMILES string of the molecule is N=C1CC(C(F)(F)F)C1. The summed E-state index contributed by atoms with van der Waals surface area (Å²) in [5.41, 5.74) is 0.220. The number of hydrogen-bond donors (Lipinski definition) is 1. The van der Waals surface area contributed by atoms with E-state index in [-0.39, 0.29) is 18.6 Å². The summed E-state index contributed by atoms with van der Waals surface area (Å²) in [6.07, 6.45) is -4.22. The first-order chi connectivity index (χ1) is 4.00. The van der Waals surface area contributed by atoms with Crippen molar-refractivity contribution < 1.29 is 13.2 Å². The molecule has 0 heterocycles. The Hall–Kier alpha value is -0.540. The van der Waals surface area contributed by atoms with Gasteiger partial charge in [-0.1, -0.05) is 0 Å². The molecular formula is C5H6F3N. The van der Waals surface area contributed by atoms with Crippen LogP contribution in [0.5, 0.6) is 0 Å². The molecule has 1 fully saturated rings. The summed E-state index contributed by atoms with van der Waals surface area (Å²) in [4.78, 5) is 0. The molecule has 0 amide bonds. The average Bonchev–Trinajstić information content (AvgIpc) is 1.55. The van der Waals surface area contributed by atoms with Crippen molar-refractivity contribution >= 4 is 5.71 Å². The largest absolute Gasteiger partial charge is 0.392 e.